The molecular formula is C13H11N3O. The number of nitrogen functional groups attached to an aromatic ring is 1. The van der Waals surface area contributed by atoms with Crippen LogP contribution >= 0.6 is 0 Å². The van der Waals surface area contributed by atoms with Crippen LogP contribution in [-0.4, -0.2) is 9.97 Å². The van der Waals surface area contributed by atoms with E-state index in [2.05, 4.69) is 9.97 Å². The first-order valence-electron chi connectivity index (χ1n) is 5.32. The minimum absolute atomic E-state index is 0.547. The lowest BCUT2D eigenvalue weighted by molar-refractivity contribution is 0.619. The molecule has 2 N–H and O–H groups in total. The molecule has 0 aliphatic heterocycles. The van der Waals surface area contributed by atoms with E-state index < -0.39 is 0 Å². The Morgan fingerprint density at radius 3 is 2.82 bits per heavy atom. The molecule has 0 amide bonds. The first-order valence-corrected chi connectivity index (χ1v) is 5.32. The quantitative estimate of drug-likeness (QED) is 0.647. The van der Waals surface area contributed by atoms with Gasteiger partial charge in [-0.3, -0.25) is 0 Å². The van der Waals surface area contributed by atoms with Crippen LogP contribution in [0.5, 0.6) is 0 Å². The van der Waals surface area contributed by atoms with Crippen LogP contribution in [0.4, 0.5) is 5.69 Å². The van der Waals surface area contributed by atoms with Gasteiger partial charge in [0, 0.05) is 16.9 Å². The van der Waals surface area contributed by atoms with E-state index in [1.807, 2.05) is 43.3 Å². The van der Waals surface area contributed by atoms with Gasteiger partial charge in [-0.15, -0.1) is 0 Å². The summed E-state index contributed by atoms with van der Waals surface area (Å²) in [5.74, 6) is 0.547. The van der Waals surface area contributed by atoms with Crippen LogP contribution in [0.1, 0.15) is 5.69 Å². The highest BCUT2D eigenvalue weighted by Gasteiger charge is 2.09. The molecule has 1 aromatic carbocycles. The number of rotatable bonds is 1. The second kappa shape index (κ2) is 3.59. The second-order valence-electron chi connectivity index (χ2n) is 3.92. The number of benzene rings is 1. The third kappa shape index (κ3) is 1.73. The van der Waals surface area contributed by atoms with Crippen molar-refractivity contribution < 1.29 is 4.42 Å². The third-order valence-electron chi connectivity index (χ3n) is 2.53. The summed E-state index contributed by atoms with van der Waals surface area (Å²) < 4.78 is 5.63. The Labute approximate surface area is 98.1 Å². The summed E-state index contributed by atoms with van der Waals surface area (Å²) >= 11 is 0. The summed E-state index contributed by atoms with van der Waals surface area (Å²) in [4.78, 5) is 8.66. The van der Waals surface area contributed by atoms with Gasteiger partial charge in [0.2, 0.25) is 5.89 Å². The Morgan fingerprint density at radius 2 is 2.00 bits per heavy atom. The third-order valence-corrected chi connectivity index (χ3v) is 2.53. The smallest absolute Gasteiger partial charge is 0.228 e. The molecule has 0 bridgehead atoms. The zero-order valence-corrected chi connectivity index (χ0v) is 9.34. The molecule has 4 heteroatoms. The first kappa shape index (κ1) is 9.84. The Hall–Kier alpha value is -2.36. The van der Waals surface area contributed by atoms with Crippen molar-refractivity contribution in [2.45, 2.75) is 6.92 Å². The zero-order chi connectivity index (χ0) is 11.8. The summed E-state index contributed by atoms with van der Waals surface area (Å²) in [6.07, 6.45) is 0. The van der Waals surface area contributed by atoms with Gasteiger partial charge in [0.15, 0.2) is 11.2 Å². The number of fused-ring (bicyclic) bond motifs is 1. The summed E-state index contributed by atoms with van der Waals surface area (Å²) in [5, 5.41) is 0. The lowest BCUT2D eigenvalue weighted by Crippen LogP contribution is -1.85. The van der Waals surface area contributed by atoms with E-state index >= 15 is 0 Å². The minimum atomic E-state index is 0.547. The summed E-state index contributed by atoms with van der Waals surface area (Å²) in [6, 6.07) is 11.2. The van der Waals surface area contributed by atoms with Gasteiger partial charge in [-0.05, 0) is 37.3 Å². The Bertz CT molecular complexity index is 688. The summed E-state index contributed by atoms with van der Waals surface area (Å²) in [5.41, 5.74) is 9.52. The molecule has 0 unspecified atom stereocenters. The van der Waals surface area contributed by atoms with Gasteiger partial charge < -0.3 is 10.2 Å². The van der Waals surface area contributed by atoms with Gasteiger partial charge in [0.1, 0.15) is 0 Å². The van der Waals surface area contributed by atoms with Gasteiger partial charge in [0.25, 0.3) is 0 Å². The average Bonchev–Trinajstić information content (AvgIpc) is 2.72. The SMILES string of the molecule is Cc1ccc2oc(-c3cccc(N)c3)nc2n1. The van der Waals surface area contributed by atoms with E-state index in [4.69, 9.17) is 10.2 Å². The van der Waals surface area contributed by atoms with Crippen molar-refractivity contribution in [3.05, 3.63) is 42.1 Å². The largest absolute Gasteiger partial charge is 0.434 e. The number of oxazole rings is 1. The molecule has 0 aliphatic carbocycles. The Morgan fingerprint density at radius 1 is 1.12 bits per heavy atom. The lowest BCUT2D eigenvalue weighted by atomic mass is 10.2. The van der Waals surface area contributed by atoms with Crippen molar-refractivity contribution >= 4 is 16.9 Å². The van der Waals surface area contributed by atoms with Crippen molar-refractivity contribution in [1.82, 2.24) is 9.97 Å². The van der Waals surface area contributed by atoms with Gasteiger partial charge in [-0.2, -0.15) is 4.98 Å². The molecule has 4 nitrogen and oxygen atoms in total. The molecular weight excluding hydrogens is 214 g/mol. The fourth-order valence-electron chi connectivity index (χ4n) is 1.71. The molecule has 0 aliphatic rings. The van der Waals surface area contributed by atoms with Crippen LogP contribution in [0.2, 0.25) is 0 Å². The van der Waals surface area contributed by atoms with Crippen molar-refractivity contribution in [2.24, 2.45) is 0 Å². The molecule has 0 radical (unpaired) electrons. The summed E-state index contributed by atoms with van der Waals surface area (Å²) in [6.45, 7) is 1.92. The second-order valence-corrected chi connectivity index (χ2v) is 3.92. The highest BCUT2D eigenvalue weighted by atomic mass is 16.3. The maximum absolute atomic E-state index is 5.73. The van der Waals surface area contributed by atoms with E-state index in [1.54, 1.807) is 0 Å². The average molecular weight is 225 g/mol. The number of nitrogens with zero attached hydrogens (tertiary/aromatic N) is 2. The van der Waals surface area contributed by atoms with E-state index in [0.29, 0.717) is 22.8 Å². The van der Waals surface area contributed by atoms with E-state index in [1.165, 1.54) is 0 Å². The van der Waals surface area contributed by atoms with Crippen LogP contribution in [0.25, 0.3) is 22.7 Å². The monoisotopic (exact) mass is 225 g/mol. The van der Waals surface area contributed by atoms with Crippen LogP contribution in [0, 0.1) is 6.92 Å². The number of anilines is 1. The molecule has 0 saturated carbocycles. The van der Waals surface area contributed by atoms with Crippen molar-refractivity contribution in [1.29, 1.82) is 0 Å². The highest BCUT2D eigenvalue weighted by Crippen LogP contribution is 2.24. The van der Waals surface area contributed by atoms with E-state index in [9.17, 15) is 0 Å². The summed E-state index contributed by atoms with van der Waals surface area (Å²) in [7, 11) is 0. The van der Waals surface area contributed by atoms with Gasteiger partial charge in [-0.1, -0.05) is 6.07 Å². The molecule has 0 spiro atoms. The van der Waals surface area contributed by atoms with E-state index in [-0.39, 0.29) is 0 Å². The predicted octanol–water partition coefficient (Wildman–Crippen LogP) is 2.78. The van der Waals surface area contributed by atoms with Gasteiger partial charge in [0.05, 0.1) is 0 Å². The highest BCUT2D eigenvalue weighted by molar-refractivity contribution is 5.73. The fraction of sp³-hybridized carbons (Fsp3) is 0.0769. The van der Waals surface area contributed by atoms with Crippen molar-refractivity contribution in [2.75, 3.05) is 5.73 Å². The number of pyridine rings is 1. The Balaban J connectivity index is 2.18. The Kier molecular flexibility index (Phi) is 2.08. The normalized spacial score (nSPS) is 10.9. The number of nitrogens with two attached hydrogens (primary N) is 1. The lowest BCUT2D eigenvalue weighted by Gasteiger charge is -1.95. The van der Waals surface area contributed by atoms with Crippen molar-refractivity contribution in [3.63, 3.8) is 0 Å². The van der Waals surface area contributed by atoms with E-state index in [0.717, 1.165) is 11.3 Å². The van der Waals surface area contributed by atoms with Gasteiger partial charge >= 0.3 is 0 Å². The maximum Gasteiger partial charge on any atom is 0.228 e. The minimum Gasteiger partial charge on any atom is -0.434 e. The number of hydrogen-bond acceptors (Lipinski definition) is 4. The maximum atomic E-state index is 5.73. The number of aryl methyl sites for hydroxylation is 1. The van der Waals surface area contributed by atoms with Crippen LogP contribution in [-0.2, 0) is 0 Å². The van der Waals surface area contributed by atoms with Crippen LogP contribution < -0.4 is 5.73 Å². The van der Waals surface area contributed by atoms with Gasteiger partial charge in [-0.25, -0.2) is 4.98 Å². The topological polar surface area (TPSA) is 64.9 Å². The fourth-order valence-corrected chi connectivity index (χ4v) is 1.71. The number of hydrogen-bond donors (Lipinski definition) is 1. The predicted molar refractivity (Wildman–Crippen MR) is 66.4 cm³/mol. The molecule has 2 aromatic heterocycles. The first-order chi connectivity index (χ1) is 8.22. The molecule has 0 fully saturated rings. The zero-order valence-electron chi connectivity index (χ0n) is 9.34. The van der Waals surface area contributed by atoms with Crippen LogP contribution in [0.15, 0.2) is 40.8 Å². The molecule has 3 rings (SSSR count). The van der Waals surface area contributed by atoms with Crippen LogP contribution in [0.3, 0.4) is 0 Å². The molecule has 2 heterocycles. The molecule has 0 saturated heterocycles. The molecule has 0 atom stereocenters. The van der Waals surface area contributed by atoms with Crippen molar-refractivity contribution in [3.8, 4) is 11.5 Å². The molecule has 17 heavy (non-hydrogen) atoms. The number of aromatic nitrogens is 2. The standard InChI is InChI=1S/C13H11N3O/c1-8-5-6-11-12(15-8)16-13(17-11)9-3-2-4-10(14)7-9/h2-7H,14H2,1H3. The molecule has 3 aromatic rings. The molecule has 84 valence electrons.